The zero-order chi connectivity index (χ0) is 18.8. The van der Waals surface area contributed by atoms with Crippen LogP contribution in [0.5, 0.6) is 5.75 Å². The summed E-state index contributed by atoms with van der Waals surface area (Å²) >= 11 is 6.45. The first kappa shape index (κ1) is 17.8. The molecule has 1 saturated heterocycles. The highest BCUT2D eigenvalue weighted by molar-refractivity contribution is 6.34. The maximum absolute atomic E-state index is 10.9. The number of hydrogen-bond acceptors (Lipinski definition) is 4. The van der Waals surface area contributed by atoms with Crippen LogP contribution in [0.25, 0.3) is 16.6 Å². The second kappa shape index (κ2) is 7.58. The number of benzene rings is 2. The Bertz CT molecular complexity index is 955. The summed E-state index contributed by atoms with van der Waals surface area (Å²) < 4.78 is 7.59. The molecule has 1 fully saturated rings. The summed E-state index contributed by atoms with van der Waals surface area (Å²) in [5.41, 5.74) is 1.71. The van der Waals surface area contributed by atoms with Crippen LogP contribution >= 0.6 is 11.6 Å². The van der Waals surface area contributed by atoms with Crippen molar-refractivity contribution in [3.05, 3.63) is 53.7 Å². The molecule has 0 bridgehead atoms. The van der Waals surface area contributed by atoms with Gasteiger partial charge in [-0.1, -0.05) is 23.7 Å². The van der Waals surface area contributed by atoms with Gasteiger partial charge < -0.3 is 9.84 Å². The van der Waals surface area contributed by atoms with Crippen LogP contribution < -0.4 is 4.74 Å². The molecule has 0 unspecified atom stereocenters. The van der Waals surface area contributed by atoms with E-state index in [1.165, 1.54) is 0 Å². The minimum atomic E-state index is -0.797. The van der Waals surface area contributed by atoms with E-state index in [9.17, 15) is 4.79 Å². The Kier molecular flexibility index (Phi) is 5.01. The molecular weight excluding hydrogens is 366 g/mol. The molecule has 27 heavy (non-hydrogen) atoms. The molecule has 2 heterocycles. The molecule has 0 amide bonds. The highest BCUT2D eigenvalue weighted by atomic mass is 35.5. The van der Waals surface area contributed by atoms with Gasteiger partial charge in [0.25, 0.3) is 0 Å². The zero-order valence-corrected chi connectivity index (χ0v) is 15.5. The number of halogens is 1. The quantitative estimate of drug-likeness (QED) is 0.702. The standard InChI is InChI=1S/C20H20ClN3O3/c21-20-17-5-1-2-6-18(17)22-24(20)14-7-9-16(10-8-14)27-13-15-4-3-11-23(15)12-19(25)26/h1-2,5-10,15H,3-4,11-13H2,(H,25,26)/t15-/m0/s1. The number of aromatic nitrogens is 2. The van der Waals surface area contributed by atoms with Gasteiger partial charge in [0.15, 0.2) is 0 Å². The normalized spacial score (nSPS) is 17.4. The Labute approximate surface area is 161 Å². The lowest BCUT2D eigenvalue weighted by atomic mass is 10.2. The molecule has 0 aliphatic carbocycles. The summed E-state index contributed by atoms with van der Waals surface area (Å²) in [5.74, 6) is -0.0523. The van der Waals surface area contributed by atoms with Crippen molar-refractivity contribution in [3.63, 3.8) is 0 Å². The predicted molar refractivity (Wildman–Crippen MR) is 104 cm³/mol. The van der Waals surface area contributed by atoms with Gasteiger partial charge in [0.2, 0.25) is 0 Å². The van der Waals surface area contributed by atoms with Gasteiger partial charge in [-0.3, -0.25) is 9.69 Å². The Hall–Kier alpha value is -2.57. The van der Waals surface area contributed by atoms with Crippen LogP contribution in [0.2, 0.25) is 5.15 Å². The third-order valence-corrected chi connectivity index (χ3v) is 5.24. The van der Waals surface area contributed by atoms with Crippen molar-refractivity contribution >= 4 is 28.5 Å². The maximum atomic E-state index is 10.9. The minimum Gasteiger partial charge on any atom is -0.492 e. The molecule has 1 aromatic heterocycles. The lowest BCUT2D eigenvalue weighted by molar-refractivity contribution is -0.138. The lowest BCUT2D eigenvalue weighted by Crippen LogP contribution is -2.37. The fourth-order valence-corrected chi connectivity index (χ4v) is 3.81. The summed E-state index contributed by atoms with van der Waals surface area (Å²) in [6.07, 6.45) is 1.96. The average Bonchev–Trinajstić information content (AvgIpc) is 3.24. The molecule has 1 aliphatic heterocycles. The predicted octanol–water partition coefficient (Wildman–Crippen LogP) is 3.61. The third kappa shape index (κ3) is 3.77. The Morgan fingerprint density at radius 1 is 1.22 bits per heavy atom. The van der Waals surface area contributed by atoms with E-state index in [-0.39, 0.29) is 12.6 Å². The van der Waals surface area contributed by atoms with Crippen molar-refractivity contribution in [2.75, 3.05) is 19.7 Å². The summed E-state index contributed by atoms with van der Waals surface area (Å²) in [7, 11) is 0. The third-order valence-electron chi connectivity index (χ3n) is 4.88. The smallest absolute Gasteiger partial charge is 0.317 e. The zero-order valence-electron chi connectivity index (χ0n) is 14.7. The van der Waals surface area contributed by atoms with E-state index in [1.807, 2.05) is 53.4 Å². The maximum Gasteiger partial charge on any atom is 0.317 e. The fraction of sp³-hybridized carbons (Fsp3) is 0.300. The molecule has 4 rings (SSSR count). The summed E-state index contributed by atoms with van der Waals surface area (Å²) in [5, 5.41) is 15.0. The molecule has 1 atom stereocenters. The second-order valence-electron chi connectivity index (χ2n) is 6.68. The largest absolute Gasteiger partial charge is 0.492 e. The molecule has 3 aromatic rings. The first-order valence-electron chi connectivity index (χ1n) is 8.94. The molecule has 2 aromatic carbocycles. The Balaban J connectivity index is 1.44. The van der Waals surface area contributed by atoms with Crippen LogP contribution in [0.4, 0.5) is 0 Å². The number of carboxylic acids is 1. The van der Waals surface area contributed by atoms with Gasteiger partial charge in [0, 0.05) is 11.4 Å². The SMILES string of the molecule is O=C(O)CN1CCC[C@H]1COc1ccc(-n2nc3ccccc3c2Cl)cc1. The molecular formula is C20H20ClN3O3. The monoisotopic (exact) mass is 385 g/mol. The Morgan fingerprint density at radius 2 is 2.00 bits per heavy atom. The number of fused-ring (bicyclic) bond motifs is 1. The van der Waals surface area contributed by atoms with Crippen LogP contribution in [0.1, 0.15) is 12.8 Å². The number of carboxylic acid groups (broad SMARTS) is 1. The number of ether oxygens (including phenoxy) is 1. The van der Waals surface area contributed by atoms with E-state index in [0.29, 0.717) is 11.8 Å². The van der Waals surface area contributed by atoms with Crippen LogP contribution in [-0.4, -0.2) is 51.5 Å². The van der Waals surface area contributed by atoms with Crippen molar-refractivity contribution in [2.24, 2.45) is 0 Å². The fourth-order valence-electron chi connectivity index (χ4n) is 3.51. The first-order chi connectivity index (χ1) is 13.1. The van der Waals surface area contributed by atoms with E-state index >= 15 is 0 Å². The molecule has 7 heteroatoms. The van der Waals surface area contributed by atoms with Crippen LogP contribution in [0.15, 0.2) is 48.5 Å². The molecule has 1 aliphatic rings. The van der Waals surface area contributed by atoms with E-state index in [2.05, 4.69) is 5.10 Å². The Morgan fingerprint density at radius 3 is 2.74 bits per heavy atom. The molecule has 0 spiro atoms. The van der Waals surface area contributed by atoms with Crippen molar-refractivity contribution in [1.82, 2.24) is 14.7 Å². The van der Waals surface area contributed by atoms with E-state index in [4.69, 9.17) is 21.4 Å². The number of nitrogens with zero attached hydrogens (tertiary/aromatic N) is 3. The average molecular weight is 386 g/mol. The number of rotatable bonds is 6. The van der Waals surface area contributed by atoms with Crippen LogP contribution in [-0.2, 0) is 4.79 Å². The van der Waals surface area contributed by atoms with Gasteiger partial charge in [-0.15, -0.1) is 0 Å². The van der Waals surface area contributed by atoms with E-state index < -0.39 is 5.97 Å². The molecule has 6 nitrogen and oxygen atoms in total. The lowest BCUT2D eigenvalue weighted by Gasteiger charge is -2.22. The van der Waals surface area contributed by atoms with Crippen molar-refractivity contribution in [1.29, 1.82) is 0 Å². The summed E-state index contributed by atoms with van der Waals surface area (Å²) in [4.78, 5) is 12.9. The minimum absolute atomic E-state index is 0.0678. The van der Waals surface area contributed by atoms with Crippen LogP contribution in [0, 0.1) is 0 Å². The van der Waals surface area contributed by atoms with Gasteiger partial charge in [-0.2, -0.15) is 5.10 Å². The van der Waals surface area contributed by atoms with E-state index in [0.717, 1.165) is 41.7 Å². The van der Waals surface area contributed by atoms with Crippen molar-refractivity contribution in [2.45, 2.75) is 18.9 Å². The van der Waals surface area contributed by atoms with Crippen molar-refractivity contribution < 1.29 is 14.6 Å². The molecule has 1 N–H and O–H groups in total. The number of hydrogen-bond donors (Lipinski definition) is 1. The van der Waals surface area contributed by atoms with Gasteiger partial charge >= 0.3 is 5.97 Å². The van der Waals surface area contributed by atoms with Crippen LogP contribution in [0.3, 0.4) is 0 Å². The summed E-state index contributed by atoms with van der Waals surface area (Å²) in [6.45, 7) is 1.36. The highest BCUT2D eigenvalue weighted by Gasteiger charge is 2.26. The topological polar surface area (TPSA) is 67.6 Å². The van der Waals surface area contributed by atoms with Gasteiger partial charge in [0.05, 0.1) is 17.7 Å². The highest BCUT2D eigenvalue weighted by Crippen LogP contribution is 2.27. The van der Waals surface area contributed by atoms with Gasteiger partial charge in [0.1, 0.15) is 17.5 Å². The van der Waals surface area contributed by atoms with Gasteiger partial charge in [-0.05, 0) is 55.8 Å². The number of aliphatic carboxylic acids is 1. The first-order valence-corrected chi connectivity index (χ1v) is 9.32. The molecule has 140 valence electrons. The molecule has 0 saturated carbocycles. The summed E-state index contributed by atoms with van der Waals surface area (Å²) in [6, 6.07) is 15.5. The second-order valence-corrected chi connectivity index (χ2v) is 7.04. The molecule has 0 radical (unpaired) electrons. The van der Waals surface area contributed by atoms with Gasteiger partial charge in [-0.25, -0.2) is 4.68 Å². The van der Waals surface area contributed by atoms with Crippen molar-refractivity contribution in [3.8, 4) is 11.4 Å². The number of likely N-dealkylation sites (tertiary alicyclic amines) is 1. The van der Waals surface area contributed by atoms with E-state index in [1.54, 1.807) is 4.68 Å². The number of carbonyl (C=O) groups is 1.